The third kappa shape index (κ3) is 16.0. The Labute approximate surface area is 103 Å². The van der Waals surface area contributed by atoms with E-state index in [1.54, 1.807) is 18.1 Å². The van der Waals surface area contributed by atoms with Crippen LogP contribution >= 0.6 is 0 Å². The Balaban J connectivity index is 0. The second kappa shape index (κ2) is 17.0. The van der Waals surface area contributed by atoms with Gasteiger partial charge in [0.25, 0.3) is 0 Å². The van der Waals surface area contributed by atoms with Crippen molar-refractivity contribution in [2.75, 3.05) is 0 Å². The molecule has 1 radical (unpaired) electrons. The van der Waals surface area contributed by atoms with Crippen LogP contribution in [-0.2, 0) is 4.79 Å². The zero-order valence-corrected chi connectivity index (χ0v) is 12.2. The molecule has 0 heterocycles. The van der Waals surface area contributed by atoms with E-state index in [-0.39, 0.29) is 8.80 Å². The minimum absolute atomic E-state index is 0.0675. The van der Waals surface area contributed by atoms with E-state index in [4.69, 9.17) is 10.2 Å². The minimum Gasteiger partial charge on any atom is -0.724 e. The summed E-state index contributed by atoms with van der Waals surface area (Å²) in [6, 6.07) is 4.75. The van der Waals surface area contributed by atoms with Crippen LogP contribution < -0.4 is 0 Å². The molecule has 0 atom stereocenters. The molecule has 3 heteroatoms. The molecule has 0 aliphatic rings. The molecule has 0 aliphatic carbocycles. The van der Waals surface area contributed by atoms with Crippen LogP contribution in [0.3, 0.4) is 0 Å². The predicted octanol–water partition coefficient (Wildman–Crippen LogP) is 4.77. The summed E-state index contributed by atoms with van der Waals surface area (Å²) in [6.07, 6.45) is 9.15. The van der Waals surface area contributed by atoms with E-state index in [0.29, 0.717) is 6.08 Å². The molecule has 0 aromatic carbocycles. The van der Waals surface area contributed by atoms with Gasteiger partial charge in [-0.2, -0.15) is 0 Å². The highest BCUT2D eigenvalue weighted by Crippen LogP contribution is 2.16. The van der Waals surface area contributed by atoms with Gasteiger partial charge in [0.1, 0.15) is 0 Å². The molecule has 95 valence electrons. The van der Waals surface area contributed by atoms with Gasteiger partial charge in [-0.1, -0.05) is 77.4 Å². The Morgan fingerprint density at radius 3 is 1.31 bits per heavy atom. The summed E-state index contributed by atoms with van der Waals surface area (Å²) in [5.74, 6) is 0. The molecule has 0 fully saturated rings. The fourth-order valence-corrected chi connectivity index (χ4v) is 4.97. The molecule has 0 saturated carbocycles. The Morgan fingerprint density at radius 1 is 0.875 bits per heavy atom. The summed E-state index contributed by atoms with van der Waals surface area (Å²) in [5, 5.41) is 6.76. The fraction of sp³-hybridized carbons (Fsp3) is 0.923. The lowest BCUT2D eigenvalue weighted by Crippen LogP contribution is -2.11. The first-order valence-electron chi connectivity index (χ1n) is 6.61. The first-order chi connectivity index (χ1) is 7.76. The standard InChI is InChI=1S/C12H27Si.CNO/c1-4-7-10-13(11-8-5-2)12-9-6-3;2-1-3/h4-12H2,1-3H3;/q;-1. The number of unbranched alkanes of at least 4 members (excludes halogenated alkanes) is 3. The van der Waals surface area contributed by atoms with Crippen molar-refractivity contribution >= 4 is 14.9 Å². The molecule has 0 spiro atoms. The Kier molecular flexibility index (Phi) is 19.1. The van der Waals surface area contributed by atoms with Gasteiger partial charge >= 0.3 is 0 Å². The highest BCUT2D eigenvalue weighted by Gasteiger charge is 2.08. The number of hydrogen-bond donors (Lipinski definition) is 0. The second-order valence-corrected chi connectivity index (χ2v) is 7.15. The SMILES string of the molecule is CCCC[Si](CCCC)CCCC.[N-]=C=O. The number of rotatable bonds is 9. The normalized spacial score (nSPS) is 9.50. The Hall–Kier alpha value is -0.403. The molecule has 0 N–H and O–H groups in total. The maximum atomic E-state index is 8.24. The summed E-state index contributed by atoms with van der Waals surface area (Å²) >= 11 is 0. The number of isocyanates is 1. The van der Waals surface area contributed by atoms with Crippen LogP contribution in [-0.4, -0.2) is 14.9 Å². The summed E-state index contributed by atoms with van der Waals surface area (Å²) in [6.45, 7) is 6.96. The second-order valence-electron chi connectivity index (χ2n) is 4.15. The molecule has 0 amide bonds. The van der Waals surface area contributed by atoms with Crippen molar-refractivity contribution in [3.63, 3.8) is 0 Å². The van der Waals surface area contributed by atoms with Crippen molar-refractivity contribution in [3.05, 3.63) is 5.41 Å². The zero-order chi connectivity index (χ0) is 12.6. The quantitative estimate of drug-likeness (QED) is 0.325. The smallest absolute Gasteiger partial charge is 0.0479 e. The molecule has 0 rings (SSSR count). The van der Waals surface area contributed by atoms with Crippen molar-refractivity contribution in [2.24, 2.45) is 0 Å². The average molecular weight is 241 g/mol. The van der Waals surface area contributed by atoms with Gasteiger partial charge in [-0.15, -0.1) is 0 Å². The van der Waals surface area contributed by atoms with Crippen molar-refractivity contribution in [3.8, 4) is 0 Å². The van der Waals surface area contributed by atoms with Crippen molar-refractivity contribution in [1.29, 1.82) is 0 Å². The van der Waals surface area contributed by atoms with Crippen LogP contribution in [0.4, 0.5) is 0 Å². The maximum absolute atomic E-state index is 8.24. The van der Waals surface area contributed by atoms with Crippen LogP contribution in [0.5, 0.6) is 0 Å². The predicted molar refractivity (Wildman–Crippen MR) is 74.0 cm³/mol. The van der Waals surface area contributed by atoms with Crippen LogP contribution in [0.15, 0.2) is 0 Å². The van der Waals surface area contributed by atoms with Crippen LogP contribution in [0, 0.1) is 0 Å². The number of nitrogens with zero attached hydrogens (tertiary/aromatic N) is 1. The summed E-state index contributed by atoms with van der Waals surface area (Å²) in [4.78, 5) is 8.24. The molecule has 0 bridgehead atoms. The molecule has 0 aliphatic heterocycles. The third-order valence-corrected chi connectivity index (χ3v) is 5.83. The van der Waals surface area contributed by atoms with Gasteiger partial charge in [0.15, 0.2) is 0 Å². The van der Waals surface area contributed by atoms with E-state index in [9.17, 15) is 0 Å². The summed E-state index contributed by atoms with van der Waals surface area (Å²) < 4.78 is 0. The van der Waals surface area contributed by atoms with Gasteiger partial charge in [0.05, 0.1) is 0 Å². The van der Waals surface area contributed by atoms with Gasteiger partial charge < -0.3 is 5.41 Å². The largest absolute Gasteiger partial charge is 0.724 e. The lowest BCUT2D eigenvalue weighted by atomic mass is 10.4. The van der Waals surface area contributed by atoms with Crippen molar-refractivity contribution in [1.82, 2.24) is 0 Å². The van der Waals surface area contributed by atoms with Gasteiger partial charge in [-0.05, 0) is 6.08 Å². The van der Waals surface area contributed by atoms with Gasteiger partial charge in [-0.25, -0.2) is 0 Å². The van der Waals surface area contributed by atoms with E-state index in [0.717, 1.165) is 0 Å². The van der Waals surface area contributed by atoms with Crippen LogP contribution in [0.1, 0.15) is 59.3 Å². The van der Waals surface area contributed by atoms with E-state index in [1.807, 2.05) is 0 Å². The molecule has 0 unspecified atom stereocenters. The first kappa shape index (κ1) is 18.0. The fourth-order valence-electron chi connectivity index (χ4n) is 1.66. The van der Waals surface area contributed by atoms with Crippen LogP contribution in [0.2, 0.25) is 18.1 Å². The summed E-state index contributed by atoms with van der Waals surface area (Å²) in [5.41, 5.74) is 0. The highest BCUT2D eigenvalue weighted by molar-refractivity contribution is 6.58. The average Bonchev–Trinajstić information content (AvgIpc) is 2.29. The van der Waals surface area contributed by atoms with E-state index >= 15 is 0 Å². The van der Waals surface area contributed by atoms with Crippen LogP contribution in [0.25, 0.3) is 5.41 Å². The number of hydrogen-bond acceptors (Lipinski definition) is 1. The lowest BCUT2D eigenvalue weighted by molar-refractivity contribution is 0.569. The van der Waals surface area contributed by atoms with Gasteiger partial charge in [0, 0.05) is 8.80 Å². The third-order valence-electron chi connectivity index (χ3n) is 2.65. The Morgan fingerprint density at radius 2 is 1.12 bits per heavy atom. The van der Waals surface area contributed by atoms with Crippen molar-refractivity contribution < 1.29 is 4.79 Å². The van der Waals surface area contributed by atoms with Gasteiger partial charge in [0.2, 0.25) is 0 Å². The molecular formula is C13H27NOSi-. The van der Waals surface area contributed by atoms with E-state index in [2.05, 4.69) is 20.8 Å². The number of carbonyl (C=O) groups excluding carboxylic acids is 1. The molecular weight excluding hydrogens is 214 g/mol. The van der Waals surface area contributed by atoms with E-state index < -0.39 is 0 Å². The highest BCUT2D eigenvalue weighted by atomic mass is 28.3. The zero-order valence-electron chi connectivity index (χ0n) is 11.2. The summed E-state index contributed by atoms with van der Waals surface area (Å²) in [7, 11) is 0.0675. The molecule has 0 aromatic heterocycles. The molecule has 16 heavy (non-hydrogen) atoms. The molecule has 0 aromatic rings. The maximum Gasteiger partial charge on any atom is 0.0479 e. The van der Waals surface area contributed by atoms with E-state index in [1.165, 1.54) is 38.5 Å². The van der Waals surface area contributed by atoms with Gasteiger partial charge in [-0.3, -0.25) is 4.79 Å². The molecule has 2 nitrogen and oxygen atoms in total. The topological polar surface area (TPSA) is 39.4 Å². The lowest BCUT2D eigenvalue weighted by Gasteiger charge is -2.13. The van der Waals surface area contributed by atoms with Crippen molar-refractivity contribution in [2.45, 2.75) is 77.4 Å². The monoisotopic (exact) mass is 241 g/mol. The molecule has 0 saturated heterocycles. The minimum atomic E-state index is 0.0675. The Bertz CT molecular complexity index is 137. The first-order valence-corrected chi connectivity index (χ1v) is 8.73.